The van der Waals surface area contributed by atoms with Crippen LogP contribution in [0.4, 0.5) is 4.79 Å². The van der Waals surface area contributed by atoms with Gasteiger partial charge in [0.2, 0.25) is 5.91 Å². The molecule has 1 aliphatic rings. The Morgan fingerprint density at radius 2 is 2.16 bits per heavy atom. The Morgan fingerprint density at radius 3 is 2.84 bits per heavy atom. The highest BCUT2D eigenvalue weighted by Gasteiger charge is 2.29. The van der Waals surface area contributed by atoms with Gasteiger partial charge in [-0.3, -0.25) is 9.48 Å². The molecule has 1 aromatic heterocycles. The number of carbonyl (C=O) groups is 2. The van der Waals surface area contributed by atoms with Gasteiger partial charge >= 0.3 is 6.09 Å². The number of aliphatic hydroxyl groups excluding tert-OH is 1. The number of carbonyl (C=O) groups excluding carboxylic acids is 2. The molecule has 2 heterocycles. The van der Waals surface area contributed by atoms with Gasteiger partial charge in [0.25, 0.3) is 0 Å². The molecule has 0 spiro atoms. The predicted molar refractivity (Wildman–Crippen MR) is 114 cm³/mol. The van der Waals surface area contributed by atoms with Crippen molar-refractivity contribution in [3.05, 3.63) is 11.9 Å². The molecule has 0 saturated carbocycles. The first kappa shape index (κ1) is 25.1. The third-order valence-electron chi connectivity index (χ3n) is 5.35. The normalized spacial score (nSPS) is 21.8. The van der Waals surface area contributed by atoms with Crippen LogP contribution in [0.5, 0.6) is 0 Å². The van der Waals surface area contributed by atoms with Gasteiger partial charge in [-0.15, -0.1) is 5.10 Å². The fourth-order valence-electron chi connectivity index (χ4n) is 3.39. The van der Waals surface area contributed by atoms with Crippen molar-refractivity contribution in [1.29, 1.82) is 0 Å². The third-order valence-corrected chi connectivity index (χ3v) is 5.35. The number of amides is 2. The Bertz CT molecular complexity index is 710. The van der Waals surface area contributed by atoms with E-state index in [9.17, 15) is 14.7 Å². The molecule has 176 valence electrons. The molecule has 2 amide bonds. The molecule has 0 fully saturated rings. The fraction of sp³-hybridized carbons (Fsp3) is 0.810. The predicted octanol–water partition coefficient (Wildman–Crippen LogP) is 1.53. The summed E-state index contributed by atoms with van der Waals surface area (Å²) in [5, 5.41) is 17.9. The van der Waals surface area contributed by atoms with E-state index in [1.165, 1.54) is 4.90 Å². The van der Waals surface area contributed by atoms with E-state index in [1.807, 2.05) is 33.9 Å². The first-order valence-corrected chi connectivity index (χ1v) is 11.0. The lowest BCUT2D eigenvalue weighted by Gasteiger charge is -2.35. The summed E-state index contributed by atoms with van der Waals surface area (Å²) in [5.74, 6) is 0.144. The number of nitrogens with zero attached hydrogens (tertiary/aromatic N) is 5. The monoisotopic (exact) mass is 439 g/mol. The van der Waals surface area contributed by atoms with Crippen molar-refractivity contribution in [2.75, 3.05) is 33.4 Å². The zero-order valence-electron chi connectivity index (χ0n) is 19.4. The summed E-state index contributed by atoms with van der Waals surface area (Å²) in [6.07, 6.45) is 2.05. The highest BCUT2D eigenvalue weighted by Crippen LogP contribution is 2.17. The van der Waals surface area contributed by atoms with Crippen LogP contribution in [0.1, 0.15) is 46.2 Å². The van der Waals surface area contributed by atoms with Crippen molar-refractivity contribution >= 4 is 12.0 Å². The van der Waals surface area contributed by atoms with Crippen LogP contribution in [0.3, 0.4) is 0 Å². The van der Waals surface area contributed by atoms with Crippen LogP contribution in [-0.2, 0) is 27.4 Å². The van der Waals surface area contributed by atoms with E-state index in [1.54, 1.807) is 16.6 Å². The number of ether oxygens (including phenoxy) is 2. The van der Waals surface area contributed by atoms with Crippen molar-refractivity contribution in [2.24, 2.45) is 11.8 Å². The average Bonchev–Trinajstić information content (AvgIpc) is 3.19. The van der Waals surface area contributed by atoms with Crippen LogP contribution in [0.2, 0.25) is 0 Å². The molecule has 2 rings (SSSR count). The SMILES string of the molecule is CC(C)COC(=O)N(C)C[C@H]1OCc2cn(nn2)CCCC(=O)N([C@@H](C)CO)C[C@@H]1C. The highest BCUT2D eigenvalue weighted by molar-refractivity contribution is 5.76. The molecule has 10 heteroatoms. The number of likely N-dealkylation sites (N-methyl/N-ethyl adjacent to an activating group) is 1. The quantitative estimate of drug-likeness (QED) is 0.716. The van der Waals surface area contributed by atoms with Crippen LogP contribution in [0.15, 0.2) is 6.20 Å². The standard InChI is InChI=1S/C21H37N5O5/c1-15(2)13-31-21(29)24(5)11-19-16(3)9-26(17(4)12-27)20(28)7-6-8-25-10-18(14-30-19)22-23-25/h10,15-17,19,27H,6-9,11-14H2,1-5H3/t16-,17-,19+/m0/s1. The van der Waals surface area contributed by atoms with E-state index in [4.69, 9.17) is 9.47 Å². The Morgan fingerprint density at radius 1 is 1.42 bits per heavy atom. The van der Waals surface area contributed by atoms with Crippen molar-refractivity contribution in [3.8, 4) is 0 Å². The number of fused-ring (bicyclic) bond motifs is 2. The van der Waals surface area contributed by atoms with Crippen LogP contribution < -0.4 is 0 Å². The molecular formula is C21H37N5O5. The van der Waals surface area contributed by atoms with E-state index in [0.717, 1.165) is 0 Å². The van der Waals surface area contributed by atoms with Gasteiger partial charge in [-0.05, 0) is 19.3 Å². The molecule has 1 N–H and O–H groups in total. The zero-order chi connectivity index (χ0) is 23.0. The molecule has 0 aromatic carbocycles. The summed E-state index contributed by atoms with van der Waals surface area (Å²) < 4.78 is 13.2. The smallest absolute Gasteiger partial charge is 0.409 e. The first-order valence-electron chi connectivity index (χ1n) is 11.0. The molecule has 2 bridgehead atoms. The largest absolute Gasteiger partial charge is 0.449 e. The summed E-state index contributed by atoms with van der Waals surface area (Å²) in [4.78, 5) is 28.4. The lowest BCUT2D eigenvalue weighted by Crippen LogP contribution is -2.47. The zero-order valence-corrected chi connectivity index (χ0v) is 19.4. The van der Waals surface area contributed by atoms with Crippen LogP contribution >= 0.6 is 0 Å². The maximum Gasteiger partial charge on any atom is 0.409 e. The Balaban J connectivity index is 2.17. The summed E-state index contributed by atoms with van der Waals surface area (Å²) in [5.41, 5.74) is 0.702. The van der Waals surface area contributed by atoms with Crippen molar-refractivity contribution < 1.29 is 24.2 Å². The Kier molecular flexibility index (Phi) is 9.70. The van der Waals surface area contributed by atoms with E-state index in [0.29, 0.717) is 44.8 Å². The summed E-state index contributed by atoms with van der Waals surface area (Å²) in [6, 6.07) is -0.299. The fourth-order valence-corrected chi connectivity index (χ4v) is 3.39. The molecule has 31 heavy (non-hydrogen) atoms. The molecule has 0 radical (unpaired) electrons. The van der Waals surface area contributed by atoms with E-state index in [2.05, 4.69) is 10.3 Å². The minimum Gasteiger partial charge on any atom is -0.449 e. The minimum atomic E-state index is -0.407. The number of hydrogen-bond acceptors (Lipinski definition) is 7. The van der Waals surface area contributed by atoms with Crippen molar-refractivity contribution in [2.45, 2.75) is 65.8 Å². The van der Waals surface area contributed by atoms with E-state index < -0.39 is 6.09 Å². The molecular weight excluding hydrogens is 402 g/mol. The Hall–Kier alpha value is -2.20. The second kappa shape index (κ2) is 12.0. The molecule has 3 atom stereocenters. The van der Waals surface area contributed by atoms with Gasteiger partial charge in [-0.1, -0.05) is 26.0 Å². The van der Waals surface area contributed by atoms with Crippen LogP contribution in [0.25, 0.3) is 0 Å². The maximum absolute atomic E-state index is 12.9. The van der Waals surface area contributed by atoms with Gasteiger partial charge in [0, 0.05) is 32.5 Å². The van der Waals surface area contributed by atoms with Gasteiger partial charge < -0.3 is 24.4 Å². The van der Waals surface area contributed by atoms with Gasteiger partial charge in [0.1, 0.15) is 5.69 Å². The topological polar surface area (TPSA) is 110 Å². The lowest BCUT2D eigenvalue weighted by atomic mass is 10.0. The highest BCUT2D eigenvalue weighted by atomic mass is 16.6. The van der Waals surface area contributed by atoms with Gasteiger partial charge in [-0.2, -0.15) is 0 Å². The molecule has 0 saturated heterocycles. The van der Waals surface area contributed by atoms with Crippen molar-refractivity contribution in [3.63, 3.8) is 0 Å². The summed E-state index contributed by atoms with van der Waals surface area (Å²) in [7, 11) is 1.68. The minimum absolute atomic E-state index is 0.0172. The molecule has 0 unspecified atom stereocenters. The van der Waals surface area contributed by atoms with Crippen LogP contribution in [0, 0.1) is 11.8 Å². The third kappa shape index (κ3) is 7.77. The summed E-state index contributed by atoms with van der Waals surface area (Å²) in [6.45, 7) is 9.59. The lowest BCUT2D eigenvalue weighted by molar-refractivity contribution is -0.136. The number of hydrogen-bond donors (Lipinski definition) is 1. The summed E-state index contributed by atoms with van der Waals surface area (Å²) >= 11 is 0. The average molecular weight is 440 g/mol. The number of aliphatic hydroxyl groups is 1. The maximum atomic E-state index is 12.9. The molecule has 1 aliphatic heterocycles. The van der Waals surface area contributed by atoms with E-state index >= 15 is 0 Å². The Labute approximate surface area is 184 Å². The van der Waals surface area contributed by atoms with E-state index in [-0.39, 0.29) is 43.1 Å². The van der Waals surface area contributed by atoms with Gasteiger partial charge in [-0.25, -0.2) is 4.79 Å². The van der Waals surface area contributed by atoms with Gasteiger partial charge in [0.15, 0.2) is 0 Å². The molecule has 10 nitrogen and oxygen atoms in total. The van der Waals surface area contributed by atoms with Gasteiger partial charge in [0.05, 0.1) is 44.7 Å². The second-order valence-corrected chi connectivity index (χ2v) is 8.83. The first-order chi connectivity index (χ1) is 14.7. The number of aromatic nitrogens is 3. The molecule has 0 aliphatic carbocycles. The van der Waals surface area contributed by atoms with Crippen LogP contribution in [-0.4, -0.2) is 87.4 Å². The van der Waals surface area contributed by atoms with Crippen molar-refractivity contribution in [1.82, 2.24) is 24.8 Å². The number of rotatable bonds is 6. The number of aryl methyl sites for hydroxylation is 1. The second-order valence-electron chi connectivity index (χ2n) is 8.83. The molecule has 1 aromatic rings.